The minimum absolute atomic E-state index is 0.201. The van der Waals surface area contributed by atoms with E-state index in [9.17, 15) is 45.6 Å². The van der Waals surface area contributed by atoms with Gasteiger partial charge in [0, 0.05) is 6.42 Å². The fourth-order valence-electron chi connectivity index (χ4n) is 11.1. The van der Waals surface area contributed by atoms with Gasteiger partial charge in [-0.25, -0.2) is 0 Å². The number of hydrogen-bond acceptors (Lipinski definition) is 13. The molecule has 0 aromatic rings. The molecule has 0 saturated carbocycles. The summed E-state index contributed by atoms with van der Waals surface area (Å²) in [5.74, 6) is -0.201. The molecule has 0 aliphatic carbocycles. The van der Waals surface area contributed by atoms with E-state index in [1.165, 1.54) is 218 Å². The first kappa shape index (κ1) is 71.1. The van der Waals surface area contributed by atoms with E-state index in [1.807, 2.05) is 0 Å². The number of amides is 1. The summed E-state index contributed by atoms with van der Waals surface area (Å²) in [5.41, 5.74) is 0. The number of unbranched alkanes of at least 4 members (excludes halogenated alkanes) is 40. The lowest BCUT2D eigenvalue weighted by atomic mass is 9.97. The van der Waals surface area contributed by atoms with Gasteiger partial charge in [0.25, 0.3) is 0 Å². The van der Waals surface area contributed by atoms with Crippen LogP contribution in [0.15, 0.2) is 0 Å². The molecular formula is C62H121NO13. The Kier molecular flexibility index (Phi) is 45.5. The van der Waals surface area contributed by atoms with Crippen molar-refractivity contribution >= 4 is 5.91 Å². The Bertz CT molecular complexity index is 1280. The molecule has 0 spiro atoms. The maximum absolute atomic E-state index is 13.2. The molecule has 0 bridgehead atoms. The van der Waals surface area contributed by atoms with E-state index in [2.05, 4.69) is 19.2 Å². The Morgan fingerprint density at radius 3 is 1.12 bits per heavy atom. The van der Waals surface area contributed by atoms with Crippen LogP contribution in [0.25, 0.3) is 0 Å². The topological polar surface area (TPSA) is 228 Å². The van der Waals surface area contributed by atoms with Crippen molar-refractivity contribution in [3.05, 3.63) is 0 Å². The van der Waals surface area contributed by atoms with Crippen LogP contribution in [0.1, 0.15) is 296 Å². The van der Waals surface area contributed by atoms with Gasteiger partial charge in [-0.1, -0.05) is 277 Å². The Hall–Kier alpha value is -1.01. The van der Waals surface area contributed by atoms with E-state index in [-0.39, 0.29) is 12.5 Å². The monoisotopic (exact) mass is 1090 g/mol. The van der Waals surface area contributed by atoms with Crippen LogP contribution in [0.2, 0.25) is 0 Å². The highest BCUT2D eigenvalue weighted by Gasteiger charge is 2.51. The predicted molar refractivity (Wildman–Crippen MR) is 305 cm³/mol. The highest BCUT2D eigenvalue weighted by molar-refractivity contribution is 5.76. The van der Waals surface area contributed by atoms with Crippen molar-refractivity contribution in [2.45, 2.75) is 370 Å². The molecular weight excluding hydrogens is 967 g/mol. The van der Waals surface area contributed by atoms with Crippen LogP contribution in [0.5, 0.6) is 0 Å². The van der Waals surface area contributed by atoms with Gasteiger partial charge >= 0.3 is 0 Å². The lowest BCUT2D eigenvalue weighted by Gasteiger charge is -2.46. The molecule has 2 aliphatic heterocycles. The zero-order valence-electron chi connectivity index (χ0n) is 48.8. The van der Waals surface area contributed by atoms with Crippen LogP contribution in [-0.4, -0.2) is 140 Å². The van der Waals surface area contributed by atoms with E-state index in [0.29, 0.717) is 12.8 Å². The molecule has 2 fully saturated rings. The highest BCUT2D eigenvalue weighted by Crippen LogP contribution is 2.30. The molecule has 0 radical (unpaired) electrons. The van der Waals surface area contributed by atoms with Crippen molar-refractivity contribution in [3.63, 3.8) is 0 Å². The van der Waals surface area contributed by atoms with Crippen LogP contribution in [0, 0.1) is 0 Å². The molecule has 9 N–H and O–H groups in total. The minimum Gasteiger partial charge on any atom is -0.394 e. The molecule has 2 rings (SSSR count). The zero-order chi connectivity index (χ0) is 55.3. The summed E-state index contributed by atoms with van der Waals surface area (Å²) in [7, 11) is 0. The smallest absolute Gasteiger partial charge is 0.220 e. The lowest BCUT2D eigenvalue weighted by molar-refractivity contribution is -0.359. The molecule has 452 valence electrons. The average Bonchev–Trinajstić information content (AvgIpc) is 3.42. The van der Waals surface area contributed by atoms with Gasteiger partial charge in [-0.2, -0.15) is 0 Å². The molecule has 14 heteroatoms. The van der Waals surface area contributed by atoms with Gasteiger partial charge in [0.15, 0.2) is 12.6 Å². The number of ether oxygens (including phenoxy) is 4. The summed E-state index contributed by atoms with van der Waals surface area (Å²) < 4.78 is 22.8. The standard InChI is InChI=1S/C62H121NO13/c1-3-5-7-9-11-13-15-16-17-18-19-20-21-22-23-24-25-26-27-28-29-30-31-32-33-34-35-36-38-40-42-44-46-54(67)63-50(51(66)45-43-41-39-37-14-12-10-8-6-4-2)49-73-61-59(72)57(70)60(53(48-65)75-61)76-62-58(71)56(69)55(68)52(47-64)74-62/h50-53,55-62,64-66,68-72H,3-49H2,1-2H3,(H,63,67)/t50-,51+,52+,53+,55-,56?,57?,58?,59?,60+,61+,62-/m0/s1. The minimum atomic E-state index is -1.78. The van der Waals surface area contributed by atoms with E-state index >= 15 is 0 Å². The fraction of sp³-hybridized carbons (Fsp3) is 0.984. The quantitative estimate of drug-likeness (QED) is 0.0259. The van der Waals surface area contributed by atoms with Crippen molar-refractivity contribution < 1.29 is 64.6 Å². The number of aliphatic hydroxyl groups is 8. The molecule has 12 atom stereocenters. The zero-order valence-corrected chi connectivity index (χ0v) is 48.8. The normalized spacial score (nSPS) is 24.8. The third-order valence-corrected chi connectivity index (χ3v) is 16.3. The first-order valence-electron chi connectivity index (χ1n) is 32.3. The van der Waals surface area contributed by atoms with Crippen molar-refractivity contribution in [1.82, 2.24) is 5.32 Å². The molecule has 76 heavy (non-hydrogen) atoms. The molecule has 2 aliphatic rings. The van der Waals surface area contributed by atoms with Crippen LogP contribution in [-0.2, 0) is 23.7 Å². The summed E-state index contributed by atoms with van der Waals surface area (Å²) in [6, 6.07) is -0.821. The number of carbonyl (C=O) groups is 1. The largest absolute Gasteiger partial charge is 0.394 e. The summed E-state index contributed by atoms with van der Waals surface area (Å²) in [6.07, 6.45) is 38.7. The summed E-state index contributed by atoms with van der Waals surface area (Å²) in [6.45, 7) is 2.87. The first-order valence-corrected chi connectivity index (χ1v) is 32.3. The molecule has 14 nitrogen and oxygen atoms in total. The van der Waals surface area contributed by atoms with Gasteiger partial charge in [0.1, 0.15) is 48.8 Å². The second-order valence-corrected chi connectivity index (χ2v) is 23.3. The maximum atomic E-state index is 13.2. The Balaban J connectivity index is 1.58. The van der Waals surface area contributed by atoms with Gasteiger partial charge in [0.05, 0.1) is 32.0 Å². The van der Waals surface area contributed by atoms with Crippen molar-refractivity contribution in [2.24, 2.45) is 0 Å². The summed E-state index contributed by atoms with van der Waals surface area (Å²) >= 11 is 0. The lowest BCUT2D eigenvalue weighted by Crippen LogP contribution is -2.65. The van der Waals surface area contributed by atoms with E-state index in [4.69, 9.17) is 18.9 Å². The van der Waals surface area contributed by atoms with E-state index in [1.54, 1.807) is 0 Å². The third-order valence-electron chi connectivity index (χ3n) is 16.3. The number of hydrogen-bond donors (Lipinski definition) is 9. The fourth-order valence-corrected chi connectivity index (χ4v) is 11.1. The van der Waals surface area contributed by atoms with E-state index < -0.39 is 86.8 Å². The Morgan fingerprint density at radius 2 is 0.750 bits per heavy atom. The van der Waals surface area contributed by atoms with E-state index in [0.717, 1.165) is 51.4 Å². The Morgan fingerprint density at radius 1 is 0.421 bits per heavy atom. The van der Waals surface area contributed by atoms with Gasteiger partial charge in [-0.15, -0.1) is 0 Å². The molecule has 1 amide bonds. The molecule has 2 heterocycles. The molecule has 4 unspecified atom stereocenters. The molecule has 0 aromatic heterocycles. The highest BCUT2D eigenvalue weighted by atomic mass is 16.7. The summed E-state index contributed by atoms with van der Waals surface area (Å²) in [5, 5.41) is 87.1. The average molecular weight is 1090 g/mol. The van der Waals surface area contributed by atoms with Crippen molar-refractivity contribution in [3.8, 4) is 0 Å². The van der Waals surface area contributed by atoms with Crippen molar-refractivity contribution in [1.29, 1.82) is 0 Å². The number of carbonyl (C=O) groups excluding carboxylic acids is 1. The Labute approximate surface area is 464 Å². The van der Waals surface area contributed by atoms with Crippen LogP contribution in [0.3, 0.4) is 0 Å². The number of nitrogens with one attached hydrogen (secondary N) is 1. The predicted octanol–water partition coefficient (Wildman–Crippen LogP) is 11.7. The van der Waals surface area contributed by atoms with Gasteiger partial charge in [-0.3, -0.25) is 4.79 Å². The van der Waals surface area contributed by atoms with Gasteiger partial charge < -0.3 is 65.1 Å². The number of aliphatic hydroxyl groups excluding tert-OH is 8. The third kappa shape index (κ3) is 33.7. The second-order valence-electron chi connectivity index (χ2n) is 23.3. The van der Waals surface area contributed by atoms with Gasteiger partial charge in [0.2, 0.25) is 5.91 Å². The van der Waals surface area contributed by atoms with Gasteiger partial charge in [-0.05, 0) is 12.8 Å². The first-order chi connectivity index (χ1) is 37.1. The van der Waals surface area contributed by atoms with Crippen molar-refractivity contribution in [2.75, 3.05) is 19.8 Å². The van der Waals surface area contributed by atoms with Crippen LogP contribution < -0.4 is 5.32 Å². The SMILES string of the molecule is CCCCCCCCCCCCCCCCCCCCCCCCCCCCCCCCCCC(=O)N[C@@H](CO[C@@H]1O[C@H](CO)[C@@H](O[C@@H]2O[C@H](CO)[C@H](O)C(O)C2O)C(O)C1O)[C@H](O)CCCCCCCCCCCC. The molecule has 0 aromatic carbocycles. The van der Waals surface area contributed by atoms with Crippen LogP contribution in [0.4, 0.5) is 0 Å². The summed E-state index contributed by atoms with van der Waals surface area (Å²) in [4.78, 5) is 13.2. The molecule has 2 saturated heterocycles. The van der Waals surface area contributed by atoms with Crippen LogP contribution >= 0.6 is 0 Å². The second kappa shape index (κ2) is 48.7. The number of rotatable bonds is 53. The maximum Gasteiger partial charge on any atom is 0.220 e.